The van der Waals surface area contributed by atoms with Crippen molar-refractivity contribution < 1.29 is 4.74 Å². The average molecular weight is 232 g/mol. The lowest BCUT2D eigenvalue weighted by Gasteiger charge is -2.47. The molecule has 2 fully saturated rings. The van der Waals surface area contributed by atoms with Crippen LogP contribution in [0.1, 0.15) is 18.4 Å². The fraction of sp³-hybridized carbons (Fsp3) is 0.571. The largest absolute Gasteiger partial charge is 0.378 e. The molecule has 2 aliphatic heterocycles. The molecule has 1 aromatic rings. The second-order valence-electron chi connectivity index (χ2n) is 5.23. The van der Waals surface area contributed by atoms with Crippen molar-refractivity contribution in [3.63, 3.8) is 0 Å². The summed E-state index contributed by atoms with van der Waals surface area (Å²) in [6.45, 7) is 2.72. The molecule has 2 aliphatic rings. The third-order valence-electron chi connectivity index (χ3n) is 3.92. The van der Waals surface area contributed by atoms with Crippen molar-refractivity contribution in [3.05, 3.63) is 35.9 Å². The van der Waals surface area contributed by atoms with E-state index in [4.69, 9.17) is 10.5 Å². The van der Waals surface area contributed by atoms with E-state index in [1.165, 1.54) is 5.56 Å². The van der Waals surface area contributed by atoms with E-state index in [9.17, 15) is 0 Å². The highest BCUT2D eigenvalue weighted by Gasteiger charge is 2.37. The van der Waals surface area contributed by atoms with E-state index in [-0.39, 0.29) is 0 Å². The maximum absolute atomic E-state index is 6.10. The van der Waals surface area contributed by atoms with Gasteiger partial charge in [-0.05, 0) is 18.4 Å². The number of piperidine rings is 1. The predicted octanol–water partition coefficient (Wildman–Crippen LogP) is 1.38. The summed E-state index contributed by atoms with van der Waals surface area (Å²) in [4.78, 5) is 2.59. The van der Waals surface area contributed by atoms with Gasteiger partial charge in [-0.25, -0.2) is 0 Å². The Morgan fingerprint density at radius 3 is 2.41 bits per heavy atom. The van der Waals surface area contributed by atoms with Gasteiger partial charge in [0, 0.05) is 24.7 Å². The Morgan fingerprint density at radius 1 is 1.12 bits per heavy atom. The van der Waals surface area contributed by atoms with E-state index in [0.717, 1.165) is 32.6 Å². The number of nitrogens with two attached hydrogens (primary N) is 1. The molecule has 3 atom stereocenters. The zero-order valence-electron chi connectivity index (χ0n) is 10.1. The van der Waals surface area contributed by atoms with Crippen LogP contribution in [0.15, 0.2) is 30.3 Å². The topological polar surface area (TPSA) is 38.5 Å². The standard InChI is InChI=1S/C14H20N2O/c15-12-6-13-9-17-10-14(7-12)16(13)8-11-4-2-1-3-5-11/h1-5,12-14H,6-10,15H2/t12-,13-,14+. The number of hydrogen-bond donors (Lipinski definition) is 1. The van der Waals surface area contributed by atoms with Crippen LogP contribution in [0.5, 0.6) is 0 Å². The van der Waals surface area contributed by atoms with Gasteiger partial charge in [0.1, 0.15) is 0 Å². The number of nitrogens with zero attached hydrogens (tertiary/aromatic N) is 1. The van der Waals surface area contributed by atoms with Gasteiger partial charge in [-0.1, -0.05) is 30.3 Å². The molecule has 2 N–H and O–H groups in total. The van der Waals surface area contributed by atoms with Crippen LogP contribution in [-0.2, 0) is 11.3 Å². The van der Waals surface area contributed by atoms with Crippen molar-refractivity contribution in [3.8, 4) is 0 Å². The Morgan fingerprint density at radius 2 is 1.76 bits per heavy atom. The summed E-state index contributed by atoms with van der Waals surface area (Å²) in [6.07, 6.45) is 2.15. The van der Waals surface area contributed by atoms with Crippen molar-refractivity contribution in [2.45, 2.75) is 37.5 Å². The quantitative estimate of drug-likeness (QED) is 0.837. The number of hydrogen-bond acceptors (Lipinski definition) is 3. The number of benzene rings is 1. The van der Waals surface area contributed by atoms with Crippen LogP contribution >= 0.6 is 0 Å². The minimum atomic E-state index is 0.362. The van der Waals surface area contributed by atoms with E-state index in [1.807, 2.05) is 0 Å². The van der Waals surface area contributed by atoms with Crippen LogP contribution in [0.2, 0.25) is 0 Å². The minimum absolute atomic E-state index is 0.362. The van der Waals surface area contributed by atoms with Crippen LogP contribution in [0.25, 0.3) is 0 Å². The van der Waals surface area contributed by atoms with Gasteiger partial charge in [0.2, 0.25) is 0 Å². The summed E-state index contributed by atoms with van der Waals surface area (Å²) in [7, 11) is 0. The second-order valence-corrected chi connectivity index (χ2v) is 5.23. The van der Waals surface area contributed by atoms with Crippen molar-refractivity contribution in [1.29, 1.82) is 0 Å². The first-order valence-electron chi connectivity index (χ1n) is 6.46. The predicted molar refractivity (Wildman–Crippen MR) is 67.6 cm³/mol. The van der Waals surface area contributed by atoms with Crippen LogP contribution in [0, 0.1) is 0 Å². The van der Waals surface area contributed by atoms with E-state index in [0.29, 0.717) is 18.1 Å². The average Bonchev–Trinajstić information content (AvgIpc) is 2.32. The van der Waals surface area contributed by atoms with Crippen molar-refractivity contribution in [2.24, 2.45) is 5.73 Å². The van der Waals surface area contributed by atoms with Gasteiger partial charge in [0.15, 0.2) is 0 Å². The number of morpholine rings is 1. The van der Waals surface area contributed by atoms with Gasteiger partial charge in [-0.3, -0.25) is 4.90 Å². The zero-order valence-corrected chi connectivity index (χ0v) is 10.1. The maximum Gasteiger partial charge on any atom is 0.0623 e. The van der Waals surface area contributed by atoms with Gasteiger partial charge in [0.25, 0.3) is 0 Å². The first-order valence-corrected chi connectivity index (χ1v) is 6.46. The zero-order chi connectivity index (χ0) is 11.7. The Balaban J connectivity index is 1.74. The van der Waals surface area contributed by atoms with Gasteiger partial charge in [0.05, 0.1) is 13.2 Å². The molecule has 3 rings (SSSR count). The SMILES string of the molecule is N[C@H]1C[C@H]2COC[C@@H](C1)N2Cc1ccccc1. The van der Waals surface area contributed by atoms with Crippen LogP contribution < -0.4 is 5.73 Å². The molecule has 2 saturated heterocycles. The van der Waals surface area contributed by atoms with Gasteiger partial charge >= 0.3 is 0 Å². The van der Waals surface area contributed by atoms with Crippen molar-refractivity contribution in [2.75, 3.05) is 13.2 Å². The van der Waals surface area contributed by atoms with Gasteiger partial charge in [-0.15, -0.1) is 0 Å². The van der Waals surface area contributed by atoms with Crippen molar-refractivity contribution >= 4 is 0 Å². The Kier molecular flexibility index (Phi) is 3.14. The van der Waals surface area contributed by atoms with E-state index >= 15 is 0 Å². The molecule has 17 heavy (non-hydrogen) atoms. The monoisotopic (exact) mass is 232 g/mol. The fourth-order valence-electron chi connectivity index (χ4n) is 3.08. The van der Waals surface area contributed by atoms with Gasteiger partial charge < -0.3 is 10.5 Å². The first-order chi connectivity index (χ1) is 8.33. The van der Waals surface area contributed by atoms with E-state index < -0.39 is 0 Å². The van der Waals surface area contributed by atoms with Crippen LogP contribution in [0.3, 0.4) is 0 Å². The minimum Gasteiger partial charge on any atom is -0.378 e. The summed E-state index contributed by atoms with van der Waals surface area (Å²) < 4.78 is 5.66. The summed E-state index contributed by atoms with van der Waals surface area (Å²) >= 11 is 0. The Labute approximate surface area is 103 Å². The molecule has 2 heterocycles. The molecule has 3 nitrogen and oxygen atoms in total. The van der Waals surface area contributed by atoms with Crippen LogP contribution in [0.4, 0.5) is 0 Å². The molecule has 92 valence electrons. The lowest BCUT2D eigenvalue weighted by Crippen LogP contribution is -2.58. The third-order valence-corrected chi connectivity index (χ3v) is 3.92. The molecule has 0 unspecified atom stereocenters. The highest BCUT2D eigenvalue weighted by atomic mass is 16.5. The first kappa shape index (κ1) is 11.2. The molecule has 0 spiro atoms. The summed E-state index contributed by atoms with van der Waals surface area (Å²) in [5, 5.41) is 0. The second kappa shape index (κ2) is 4.77. The molecule has 0 aromatic heterocycles. The highest BCUT2D eigenvalue weighted by molar-refractivity contribution is 5.15. The Bertz CT molecular complexity index is 354. The molecule has 0 aliphatic carbocycles. The Hall–Kier alpha value is -0.900. The molecule has 0 amide bonds. The van der Waals surface area contributed by atoms with Crippen LogP contribution in [-0.4, -0.2) is 36.2 Å². The summed E-state index contributed by atoms with van der Waals surface area (Å²) in [5.41, 5.74) is 7.49. The fourth-order valence-corrected chi connectivity index (χ4v) is 3.08. The molecular formula is C14H20N2O. The molecule has 2 bridgehead atoms. The van der Waals surface area contributed by atoms with E-state index in [1.54, 1.807) is 0 Å². The highest BCUT2D eigenvalue weighted by Crippen LogP contribution is 2.28. The molecular weight excluding hydrogens is 212 g/mol. The van der Waals surface area contributed by atoms with E-state index in [2.05, 4.69) is 35.2 Å². The lowest BCUT2D eigenvalue weighted by atomic mass is 9.90. The lowest BCUT2D eigenvalue weighted by molar-refractivity contribution is -0.0819. The summed E-state index contributed by atoms with van der Waals surface area (Å²) in [6, 6.07) is 12.1. The maximum atomic E-state index is 6.10. The third kappa shape index (κ3) is 2.37. The number of fused-ring (bicyclic) bond motifs is 2. The smallest absolute Gasteiger partial charge is 0.0623 e. The molecule has 3 heteroatoms. The molecule has 1 aromatic carbocycles. The van der Waals surface area contributed by atoms with Gasteiger partial charge in [-0.2, -0.15) is 0 Å². The van der Waals surface area contributed by atoms with Crippen molar-refractivity contribution in [1.82, 2.24) is 4.90 Å². The normalized spacial score (nSPS) is 33.6. The molecule has 0 radical (unpaired) electrons. The number of ether oxygens (including phenoxy) is 1. The molecule has 0 saturated carbocycles. The number of rotatable bonds is 2. The summed E-state index contributed by atoms with van der Waals surface area (Å²) in [5.74, 6) is 0.